The molecule has 0 fully saturated rings. The monoisotopic (exact) mass is 452 g/mol. The zero-order chi connectivity index (χ0) is 25.3. The molecular formula is C31H48O2. The van der Waals surface area contributed by atoms with Gasteiger partial charge in [0.2, 0.25) is 0 Å². The number of rotatable bonds is 7. The lowest BCUT2D eigenvalue weighted by Crippen LogP contribution is -2.16. The molecule has 0 unspecified atom stereocenters. The van der Waals surface area contributed by atoms with Crippen molar-refractivity contribution in [3.05, 3.63) is 57.6 Å². The molecule has 2 heteroatoms. The van der Waals surface area contributed by atoms with Gasteiger partial charge >= 0.3 is 0 Å². The van der Waals surface area contributed by atoms with Crippen LogP contribution in [0.15, 0.2) is 24.3 Å². The first-order chi connectivity index (χ1) is 15.1. The number of phenolic OH excluding ortho intramolecular Hbond substituents is 2. The minimum Gasteiger partial charge on any atom is -0.507 e. The molecule has 0 spiro atoms. The normalized spacial score (nSPS) is 12.9. The molecule has 0 saturated heterocycles. The Bertz CT molecular complexity index is 875. The van der Waals surface area contributed by atoms with E-state index in [1.54, 1.807) is 0 Å². The van der Waals surface area contributed by atoms with Crippen LogP contribution in [-0.4, -0.2) is 10.2 Å². The summed E-state index contributed by atoms with van der Waals surface area (Å²) < 4.78 is 0. The Morgan fingerprint density at radius 3 is 1.21 bits per heavy atom. The molecule has 0 bridgehead atoms. The molecule has 0 aliphatic heterocycles. The molecule has 0 atom stereocenters. The predicted octanol–water partition coefficient (Wildman–Crippen LogP) is 8.63. The van der Waals surface area contributed by atoms with Crippen LogP contribution in [0.25, 0.3) is 0 Å². The van der Waals surface area contributed by atoms with Crippen molar-refractivity contribution in [3.63, 3.8) is 0 Å². The van der Waals surface area contributed by atoms with Gasteiger partial charge < -0.3 is 10.2 Å². The van der Waals surface area contributed by atoms with Crippen LogP contribution in [0.3, 0.4) is 0 Å². The SMILES string of the molecule is CCC(c1cc(CC(C)C)cc(C(C)(C)C)c1O)c1cc(CC(C)C)cc(C(C)(C)C)c1O. The summed E-state index contributed by atoms with van der Waals surface area (Å²) in [5.74, 6) is 1.77. The molecule has 0 aromatic heterocycles. The van der Waals surface area contributed by atoms with Crippen LogP contribution in [0.2, 0.25) is 0 Å². The number of phenols is 2. The van der Waals surface area contributed by atoms with E-state index in [9.17, 15) is 10.2 Å². The van der Waals surface area contributed by atoms with Crippen LogP contribution in [0.5, 0.6) is 11.5 Å². The maximum absolute atomic E-state index is 11.5. The summed E-state index contributed by atoms with van der Waals surface area (Å²) in [7, 11) is 0. The third kappa shape index (κ3) is 6.55. The Kier molecular flexibility index (Phi) is 8.37. The van der Waals surface area contributed by atoms with Crippen LogP contribution in [-0.2, 0) is 23.7 Å². The second-order valence-electron chi connectivity index (χ2n) is 12.8. The van der Waals surface area contributed by atoms with Crippen molar-refractivity contribution in [2.45, 2.75) is 112 Å². The molecular weight excluding hydrogens is 404 g/mol. The van der Waals surface area contributed by atoms with Crippen molar-refractivity contribution in [2.24, 2.45) is 11.8 Å². The zero-order valence-electron chi connectivity index (χ0n) is 23.1. The molecule has 0 radical (unpaired) electrons. The first-order valence-corrected chi connectivity index (χ1v) is 12.8. The lowest BCUT2D eigenvalue weighted by atomic mass is 9.76. The molecule has 0 aliphatic carbocycles. The number of hydrogen-bond acceptors (Lipinski definition) is 2. The van der Waals surface area contributed by atoms with Gasteiger partial charge in [-0.25, -0.2) is 0 Å². The quantitative estimate of drug-likeness (QED) is 0.441. The highest BCUT2D eigenvalue weighted by Gasteiger charge is 2.29. The summed E-state index contributed by atoms with van der Waals surface area (Å²) in [6.07, 6.45) is 2.75. The van der Waals surface area contributed by atoms with Crippen LogP contribution < -0.4 is 0 Å². The maximum atomic E-state index is 11.5. The van der Waals surface area contributed by atoms with E-state index >= 15 is 0 Å². The first kappa shape index (κ1) is 27.3. The Hall–Kier alpha value is -1.96. The second kappa shape index (κ2) is 10.1. The van der Waals surface area contributed by atoms with E-state index < -0.39 is 0 Å². The molecule has 0 amide bonds. The molecule has 2 aromatic carbocycles. The Balaban J connectivity index is 2.83. The van der Waals surface area contributed by atoms with Gasteiger partial charge in [0.15, 0.2) is 0 Å². The van der Waals surface area contributed by atoms with E-state index in [0.717, 1.165) is 41.5 Å². The van der Waals surface area contributed by atoms with E-state index in [0.29, 0.717) is 23.3 Å². The van der Waals surface area contributed by atoms with E-state index in [-0.39, 0.29) is 16.7 Å². The van der Waals surface area contributed by atoms with E-state index in [1.165, 1.54) is 11.1 Å². The molecule has 0 heterocycles. The predicted molar refractivity (Wildman–Crippen MR) is 143 cm³/mol. The highest BCUT2D eigenvalue weighted by atomic mass is 16.3. The average Bonchev–Trinajstić information content (AvgIpc) is 2.64. The molecule has 2 nitrogen and oxygen atoms in total. The number of benzene rings is 2. The van der Waals surface area contributed by atoms with Gasteiger partial charge in [0.05, 0.1) is 0 Å². The van der Waals surface area contributed by atoms with Crippen molar-refractivity contribution in [1.29, 1.82) is 0 Å². The Labute approximate surface area is 203 Å². The zero-order valence-corrected chi connectivity index (χ0v) is 23.1. The molecule has 2 N–H and O–H groups in total. The fraction of sp³-hybridized carbons (Fsp3) is 0.613. The minimum atomic E-state index is -0.164. The summed E-state index contributed by atoms with van der Waals surface area (Å²) in [5.41, 5.74) is 6.05. The largest absolute Gasteiger partial charge is 0.507 e. The molecule has 184 valence electrons. The minimum absolute atomic E-state index is 0.0635. The van der Waals surface area contributed by atoms with Gasteiger partial charge in [-0.3, -0.25) is 0 Å². The number of hydrogen-bond donors (Lipinski definition) is 2. The summed E-state index contributed by atoms with van der Waals surface area (Å²) in [6.45, 7) is 24.0. The van der Waals surface area contributed by atoms with E-state index in [2.05, 4.69) is 100 Å². The fourth-order valence-corrected chi connectivity index (χ4v) is 4.90. The summed E-state index contributed by atoms with van der Waals surface area (Å²) in [5, 5.41) is 23.0. The van der Waals surface area contributed by atoms with Crippen molar-refractivity contribution in [1.82, 2.24) is 0 Å². The lowest BCUT2D eigenvalue weighted by Gasteiger charge is -2.29. The lowest BCUT2D eigenvalue weighted by molar-refractivity contribution is 0.425. The smallest absolute Gasteiger partial charge is 0.123 e. The summed E-state index contributed by atoms with van der Waals surface area (Å²) >= 11 is 0. The van der Waals surface area contributed by atoms with Crippen molar-refractivity contribution in [2.75, 3.05) is 0 Å². The molecule has 33 heavy (non-hydrogen) atoms. The molecule has 2 rings (SSSR count). The van der Waals surface area contributed by atoms with E-state index in [4.69, 9.17) is 0 Å². The first-order valence-electron chi connectivity index (χ1n) is 12.8. The van der Waals surface area contributed by atoms with Gasteiger partial charge in [-0.05, 0) is 64.2 Å². The molecule has 2 aromatic rings. The van der Waals surface area contributed by atoms with Crippen molar-refractivity contribution in [3.8, 4) is 11.5 Å². The van der Waals surface area contributed by atoms with Crippen LogP contribution >= 0.6 is 0 Å². The van der Waals surface area contributed by atoms with Gasteiger partial charge in [-0.1, -0.05) is 100 Å². The molecule has 0 saturated carbocycles. The highest BCUT2D eigenvalue weighted by molar-refractivity contribution is 5.56. The van der Waals surface area contributed by atoms with Gasteiger partial charge in [0, 0.05) is 17.0 Å². The summed E-state index contributed by atoms with van der Waals surface area (Å²) in [6, 6.07) is 8.73. The van der Waals surface area contributed by atoms with Crippen molar-refractivity contribution < 1.29 is 10.2 Å². The van der Waals surface area contributed by atoms with E-state index in [1.807, 2.05) is 0 Å². The highest BCUT2D eigenvalue weighted by Crippen LogP contribution is 2.46. The maximum Gasteiger partial charge on any atom is 0.123 e. The average molecular weight is 453 g/mol. The fourth-order valence-electron chi connectivity index (χ4n) is 4.90. The van der Waals surface area contributed by atoms with Gasteiger partial charge in [0.1, 0.15) is 11.5 Å². The van der Waals surface area contributed by atoms with Gasteiger partial charge in [-0.2, -0.15) is 0 Å². The third-order valence-corrected chi connectivity index (χ3v) is 6.46. The van der Waals surface area contributed by atoms with Crippen LogP contribution in [0.1, 0.15) is 122 Å². The van der Waals surface area contributed by atoms with Crippen LogP contribution in [0.4, 0.5) is 0 Å². The topological polar surface area (TPSA) is 40.5 Å². The number of aromatic hydroxyl groups is 2. The van der Waals surface area contributed by atoms with Crippen LogP contribution in [0, 0.1) is 11.8 Å². The Morgan fingerprint density at radius 1 is 0.636 bits per heavy atom. The summed E-state index contributed by atoms with van der Waals surface area (Å²) in [4.78, 5) is 0. The van der Waals surface area contributed by atoms with Crippen molar-refractivity contribution >= 4 is 0 Å². The van der Waals surface area contributed by atoms with Gasteiger partial charge in [0.25, 0.3) is 0 Å². The molecule has 0 aliphatic rings. The third-order valence-electron chi connectivity index (χ3n) is 6.46. The second-order valence-corrected chi connectivity index (χ2v) is 12.8. The Morgan fingerprint density at radius 2 is 0.970 bits per heavy atom. The standard InChI is InChI=1S/C31H48O2/c1-12-23(24-15-21(13-19(2)3)17-26(28(24)32)30(6,7)8)25-16-22(14-20(4)5)18-27(29(25)33)31(9,10)11/h15-20,23,32-33H,12-14H2,1-11H3. The van der Waals surface area contributed by atoms with Gasteiger partial charge in [-0.15, -0.1) is 0 Å².